The van der Waals surface area contributed by atoms with E-state index >= 15 is 4.39 Å². The van der Waals surface area contributed by atoms with Crippen molar-refractivity contribution in [2.75, 3.05) is 18.9 Å². The number of halogens is 2. The summed E-state index contributed by atoms with van der Waals surface area (Å²) >= 11 is 6.23. The van der Waals surface area contributed by atoms with E-state index in [0.29, 0.717) is 28.1 Å². The fraction of sp³-hybridized carbons (Fsp3) is 0.368. The van der Waals surface area contributed by atoms with Crippen molar-refractivity contribution in [2.24, 2.45) is 0 Å². The lowest BCUT2D eigenvalue weighted by Crippen LogP contribution is -2.22. The third kappa shape index (κ3) is 3.17. The summed E-state index contributed by atoms with van der Waals surface area (Å²) in [6, 6.07) is 0.339. The maximum absolute atomic E-state index is 15.0. The minimum atomic E-state index is -0.724. The average molecular weight is 435 g/mol. The van der Waals surface area contributed by atoms with E-state index in [4.69, 9.17) is 26.8 Å². The van der Waals surface area contributed by atoms with E-state index in [2.05, 4.69) is 20.4 Å². The van der Waals surface area contributed by atoms with Gasteiger partial charge in [0.15, 0.2) is 11.5 Å². The van der Waals surface area contributed by atoms with Gasteiger partial charge in [-0.25, -0.2) is 23.8 Å². The van der Waals surface area contributed by atoms with Crippen LogP contribution >= 0.6 is 11.6 Å². The second kappa shape index (κ2) is 7.60. The van der Waals surface area contributed by atoms with Crippen molar-refractivity contribution in [3.8, 4) is 5.75 Å². The number of anilines is 1. The highest BCUT2D eigenvalue weighted by Crippen LogP contribution is 2.41. The number of benzene rings is 1. The number of hydrogen-bond donors (Lipinski definition) is 2. The molecule has 3 aromatic rings. The molecule has 1 unspecified atom stereocenters. The molecule has 3 heterocycles. The Bertz CT molecular complexity index is 1150. The molecule has 1 fully saturated rings. The van der Waals surface area contributed by atoms with Gasteiger partial charge >= 0.3 is 6.09 Å². The van der Waals surface area contributed by atoms with Crippen LogP contribution in [-0.2, 0) is 4.74 Å². The summed E-state index contributed by atoms with van der Waals surface area (Å²) in [4.78, 5) is 19.9. The van der Waals surface area contributed by atoms with Crippen LogP contribution in [-0.4, -0.2) is 39.1 Å². The van der Waals surface area contributed by atoms with Crippen LogP contribution in [0.2, 0.25) is 5.02 Å². The molecule has 1 saturated heterocycles. The first-order chi connectivity index (χ1) is 14.3. The molecule has 9 nitrogen and oxygen atoms in total. The number of nitrogens with two attached hydrogens (primary N) is 1. The molecule has 3 N–H and O–H groups in total. The van der Waals surface area contributed by atoms with Gasteiger partial charge in [0.25, 0.3) is 0 Å². The number of hydrogen-bond acceptors (Lipinski definition) is 7. The standard InChI is InChI=1S/C19H20ClFN6O3/c1-4-29-16-10(5-11(20)15(21)14(16)12-6-30-19(28)25-12)9(3)27-18-13(8(2)26-27)17(22)23-7-24-18/h5,7,9,12H,4,6H2,1-3H3,(H,25,28)(H2,22,23,24)/t9?,12-/m1/s1. The number of carbonyl (C=O) groups excluding carboxylic acids is 1. The number of rotatable bonds is 5. The first-order valence-electron chi connectivity index (χ1n) is 9.36. The van der Waals surface area contributed by atoms with Crippen molar-refractivity contribution in [3.05, 3.63) is 40.1 Å². The van der Waals surface area contributed by atoms with Gasteiger partial charge in [-0.05, 0) is 26.8 Å². The number of ether oxygens (including phenoxy) is 2. The second-order valence-electron chi connectivity index (χ2n) is 6.90. The fourth-order valence-electron chi connectivity index (χ4n) is 3.69. The van der Waals surface area contributed by atoms with Gasteiger partial charge < -0.3 is 20.5 Å². The van der Waals surface area contributed by atoms with Gasteiger partial charge in [0.05, 0.1) is 40.4 Å². The van der Waals surface area contributed by atoms with Gasteiger partial charge in [0, 0.05) is 5.56 Å². The molecule has 0 saturated carbocycles. The fourth-order valence-corrected chi connectivity index (χ4v) is 3.91. The molecule has 0 aliphatic carbocycles. The van der Waals surface area contributed by atoms with Crippen LogP contribution in [0.15, 0.2) is 12.4 Å². The summed E-state index contributed by atoms with van der Waals surface area (Å²) < 4.78 is 27.5. The molecule has 0 bridgehead atoms. The van der Waals surface area contributed by atoms with Crippen LogP contribution in [0.3, 0.4) is 0 Å². The first-order valence-corrected chi connectivity index (χ1v) is 9.74. The van der Waals surface area contributed by atoms with E-state index in [1.807, 2.05) is 13.8 Å². The third-order valence-corrected chi connectivity index (χ3v) is 5.33. The van der Waals surface area contributed by atoms with E-state index in [9.17, 15) is 4.79 Å². The molecular weight excluding hydrogens is 415 g/mol. The Hall–Kier alpha value is -3.14. The molecule has 2 aromatic heterocycles. The lowest BCUT2D eigenvalue weighted by Gasteiger charge is -2.23. The van der Waals surface area contributed by atoms with Gasteiger partial charge in [-0.15, -0.1) is 0 Å². The Balaban J connectivity index is 1.91. The van der Waals surface area contributed by atoms with E-state index in [1.165, 1.54) is 12.4 Å². The van der Waals surface area contributed by atoms with Gasteiger partial charge in [0.1, 0.15) is 24.5 Å². The summed E-state index contributed by atoms with van der Waals surface area (Å²) in [5, 5.41) is 7.70. The maximum Gasteiger partial charge on any atom is 0.407 e. The highest BCUT2D eigenvalue weighted by atomic mass is 35.5. The Morgan fingerprint density at radius 2 is 2.27 bits per heavy atom. The van der Waals surface area contributed by atoms with Crippen LogP contribution in [0, 0.1) is 12.7 Å². The molecule has 30 heavy (non-hydrogen) atoms. The number of nitrogens with zero attached hydrogens (tertiary/aromatic N) is 4. The van der Waals surface area contributed by atoms with Crippen LogP contribution in [0.4, 0.5) is 15.0 Å². The summed E-state index contributed by atoms with van der Waals surface area (Å²) in [7, 11) is 0. The number of nitrogens with one attached hydrogen (secondary N) is 1. The largest absolute Gasteiger partial charge is 0.493 e. The van der Waals surface area contributed by atoms with Gasteiger partial charge in [-0.1, -0.05) is 11.6 Å². The SMILES string of the molecule is CCOc1c(C(C)n2nc(C)c3c(N)ncnc32)cc(Cl)c(F)c1[C@H]1COC(=O)N1. The lowest BCUT2D eigenvalue weighted by molar-refractivity contribution is 0.176. The van der Waals surface area contributed by atoms with E-state index < -0.39 is 24.0 Å². The molecule has 1 aliphatic heterocycles. The first kappa shape index (κ1) is 20.1. The smallest absolute Gasteiger partial charge is 0.407 e. The summed E-state index contributed by atoms with van der Waals surface area (Å²) in [5.74, 6) is -0.0596. The zero-order valence-electron chi connectivity index (χ0n) is 16.6. The predicted octanol–water partition coefficient (Wildman–Crippen LogP) is 3.30. The molecule has 1 amide bonds. The van der Waals surface area contributed by atoms with Gasteiger partial charge in [-0.3, -0.25) is 0 Å². The topological polar surface area (TPSA) is 117 Å². The average Bonchev–Trinajstić information content (AvgIpc) is 3.28. The van der Waals surface area contributed by atoms with Crippen molar-refractivity contribution in [1.82, 2.24) is 25.1 Å². The van der Waals surface area contributed by atoms with Crippen molar-refractivity contribution < 1.29 is 18.7 Å². The molecule has 1 aromatic carbocycles. The van der Waals surface area contributed by atoms with Crippen molar-refractivity contribution in [1.29, 1.82) is 0 Å². The Morgan fingerprint density at radius 3 is 2.93 bits per heavy atom. The Kier molecular flexibility index (Phi) is 5.10. The number of alkyl carbamates (subject to hydrolysis) is 1. The van der Waals surface area contributed by atoms with Gasteiger partial charge in [0.2, 0.25) is 0 Å². The van der Waals surface area contributed by atoms with Crippen molar-refractivity contribution in [2.45, 2.75) is 32.9 Å². The highest BCUT2D eigenvalue weighted by Gasteiger charge is 2.34. The predicted molar refractivity (Wildman–Crippen MR) is 108 cm³/mol. The van der Waals surface area contributed by atoms with E-state index in [1.54, 1.807) is 11.6 Å². The highest BCUT2D eigenvalue weighted by molar-refractivity contribution is 6.31. The zero-order valence-corrected chi connectivity index (χ0v) is 17.3. The minimum absolute atomic E-state index is 0.0302. The molecule has 0 radical (unpaired) electrons. The Morgan fingerprint density at radius 1 is 1.50 bits per heavy atom. The zero-order chi connectivity index (χ0) is 21.6. The molecule has 2 atom stereocenters. The summed E-state index contributed by atoms with van der Waals surface area (Å²) in [5.41, 5.74) is 7.92. The molecule has 1 aliphatic rings. The lowest BCUT2D eigenvalue weighted by atomic mass is 9.98. The van der Waals surface area contributed by atoms with Crippen LogP contribution in [0.25, 0.3) is 11.0 Å². The minimum Gasteiger partial charge on any atom is -0.493 e. The Labute approximate surface area is 176 Å². The normalized spacial score (nSPS) is 17.1. The number of fused-ring (bicyclic) bond motifs is 1. The maximum atomic E-state index is 15.0. The number of cyclic esters (lactones) is 1. The molecule has 0 spiro atoms. The summed E-state index contributed by atoms with van der Waals surface area (Å²) in [6.07, 6.45) is 0.734. The van der Waals surface area contributed by atoms with Crippen molar-refractivity contribution >= 4 is 34.5 Å². The van der Waals surface area contributed by atoms with Crippen LogP contribution in [0.5, 0.6) is 5.75 Å². The number of amides is 1. The van der Waals surface area contributed by atoms with Crippen LogP contribution < -0.4 is 15.8 Å². The number of aryl methyl sites for hydroxylation is 1. The van der Waals surface area contributed by atoms with Crippen molar-refractivity contribution in [3.63, 3.8) is 0 Å². The summed E-state index contributed by atoms with van der Waals surface area (Å²) in [6.45, 7) is 5.71. The molecular formula is C19H20ClFN6O3. The number of carbonyl (C=O) groups is 1. The molecule has 11 heteroatoms. The number of aromatic nitrogens is 4. The quantitative estimate of drug-likeness (QED) is 0.632. The molecule has 158 valence electrons. The monoisotopic (exact) mass is 434 g/mol. The van der Waals surface area contributed by atoms with Crippen LogP contribution in [0.1, 0.15) is 42.8 Å². The number of nitrogen functional groups attached to an aromatic ring is 1. The second-order valence-corrected chi connectivity index (χ2v) is 7.30. The third-order valence-electron chi connectivity index (χ3n) is 5.06. The molecule has 4 rings (SSSR count). The van der Waals surface area contributed by atoms with E-state index in [0.717, 1.165) is 0 Å². The van der Waals surface area contributed by atoms with E-state index in [-0.39, 0.29) is 29.5 Å². The van der Waals surface area contributed by atoms with Gasteiger partial charge in [-0.2, -0.15) is 5.10 Å².